The lowest BCUT2D eigenvalue weighted by molar-refractivity contribution is 0.402. The van der Waals surface area contributed by atoms with E-state index in [4.69, 9.17) is 25.8 Å². The Hall–Kier alpha value is -2.40. The largest absolute Gasteiger partial charge is 0.496 e. The summed E-state index contributed by atoms with van der Waals surface area (Å²) in [5, 5.41) is 0.604. The van der Waals surface area contributed by atoms with Crippen LogP contribution in [-0.4, -0.2) is 40.6 Å². The molecule has 0 atom stereocenters. The highest BCUT2D eigenvalue weighted by Crippen LogP contribution is 2.37. The fourth-order valence-electron chi connectivity index (χ4n) is 3.11. The normalized spacial score (nSPS) is 14.1. The van der Waals surface area contributed by atoms with Gasteiger partial charge in [0.1, 0.15) is 22.9 Å². The first-order chi connectivity index (χ1) is 12.7. The third kappa shape index (κ3) is 3.88. The van der Waals surface area contributed by atoms with Crippen LogP contribution < -0.4 is 19.1 Å². The Balaban J connectivity index is 1.98. The smallest absolute Gasteiger partial charge is 0.144 e. The van der Waals surface area contributed by atoms with Crippen molar-refractivity contribution in [1.82, 2.24) is 0 Å². The highest BCUT2D eigenvalue weighted by atomic mass is 35.5. The fourth-order valence-corrected chi connectivity index (χ4v) is 3.28. The van der Waals surface area contributed by atoms with Crippen LogP contribution in [0.25, 0.3) is 0 Å². The number of aliphatic imine (C=N–C) groups is 1. The van der Waals surface area contributed by atoms with Crippen LogP contribution in [0.3, 0.4) is 0 Å². The molecule has 2 aromatic rings. The average Bonchev–Trinajstić information content (AvgIpc) is 3.20. The maximum Gasteiger partial charge on any atom is 0.144 e. The van der Waals surface area contributed by atoms with Crippen LogP contribution in [0.1, 0.15) is 18.4 Å². The summed E-state index contributed by atoms with van der Waals surface area (Å²) in [5.74, 6) is 2.22. The summed E-state index contributed by atoms with van der Waals surface area (Å²) in [6, 6.07) is 9.30. The molecule has 0 saturated carbocycles. The van der Waals surface area contributed by atoms with Crippen LogP contribution >= 0.6 is 11.6 Å². The van der Waals surface area contributed by atoms with Gasteiger partial charge in [-0.1, -0.05) is 11.6 Å². The van der Waals surface area contributed by atoms with E-state index in [0.29, 0.717) is 16.5 Å². The maximum atomic E-state index is 6.08. The van der Waals surface area contributed by atoms with Crippen LogP contribution in [0.4, 0.5) is 11.4 Å². The molecule has 1 aliphatic heterocycles. The molecule has 0 aromatic heterocycles. The second-order valence-electron chi connectivity index (χ2n) is 6.03. The molecule has 26 heavy (non-hydrogen) atoms. The Morgan fingerprint density at radius 1 is 0.923 bits per heavy atom. The summed E-state index contributed by atoms with van der Waals surface area (Å²) in [7, 11) is 4.95. The van der Waals surface area contributed by atoms with Gasteiger partial charge in [-0.05, 0) is 37.1 Å². The molecule has 0 amide bonds. The van der Waals surface area contributed by atoms with Crippen molar-refractivity contribution in [3.63, 3.8) is 0 Å². The first-order valence-electron chi connectivity index (χ1n) is 8.55. The molecule has 138 valence electrons. The molecular formula is C20H23ClN2O3. The lowest BCUT2D eigenvalue weighted by atomic mass is 10.1. The van der Waals surface area contributed by atoms with Crippen LogP contribution in [0.5, 0.6) is 17.2 Å². The molecule has 0 spiro atoms. The third-order valence-electron chi connectivity index (χ3n) is 4.46. The molecule has 1 fully saturated rings. The molecule has 0 aliphatic carbocycles. The second kappa shape index (κ2) is 8.32. The van der Waals surface area contributed by atoms with Gasteiger partial charge in [0.05, 0.1) is 27.0 Å². The van der Waals surface area contributed by atoms with Gasteiger partial charge in [-0.2, -0.15) is 0 Å². The van der Waals surface area contributed by atoms with Gasteiger partial charge in [-0.3, -0.25) is 4.99 Å². The summed E-state index contributed by atoms with van der Waals surface area (Å²) in [6.45, 7) is 2.07. The van der Waals surface area contributed by atoms with E-state index in [-0.39, 0.29) is 0 Å². The Bertz CT molecular complexity index is 802. The lowest BCUT2D eigenvalue weighted by Crippen LogP contribution is -2.18. The monoisotopic (exact) mass is 374 g/mol. The van der Waals surface area contributed by atoms with Gasteiger partial charge in [0.2, 0.25) is 0 Å². The van der Waals surface area contributed by atoms with Gasteiger partial charge in [0, 0.05) is 36.0 Å². The summed E-state index contributed by atoms with van der Waals surface area (Å²) >= 11 is 6.08. The zero-order chi connectivity index (χ0) is 18.5. The Morgan fingerprint density at radius 3 is 2.27 bits per heavy atom. The number of benzene rings is 2. The molecule has 0 bridgehead atoms. The third-order valence-corrected chi connectivity index (χ3v) is 4.70. The van der Waals surface area contributed by atoms with Crippen LogP contribution in [-0.2, 0) is 0 Å². The zero-order valence-electron chi connectivity index (χ0n) is 15.3. The highest BCUT2D eigenvalue weighted by Gasteiger charge is 2.19. The van der Waals surface area contributed by atoms with Gasteiger partial charge in [-0.15, -0.1) is 0 Å². The van der Waals surface area contributed by atoms with E-state index < -0.39 is 0 Å². The number of hydrogen-bond acceptors (Lipinski definition) is 5. The highest BCUT2D eigenvalue weighted by molar-refractivity contribution is 6.30. The van der Waals surface area contributed by atoms with E-state index in [1.165, 1.54) is 12.8 Å². The minimum atomic E-state index is 0.604. The van der Waals surface area contributed by atoms with Gasteiger partial charge < -0.3 is 19.1 Å². The molecule has 2 aromatic carbocycles. The number of halogens is 1. The van der Waals surface area contributed by atoms with Gasteiger partial charge in [-0.25, -0.2) is 0 Å². The van der Waals surface area contributed by atoms with Crippen molar-refractivity contribution in [3.8, 4) is 17.2 Å². The minimum Gasteiger partial charge on any atom is -0.496 e. The van der Waals surface area contributed by atoms with Crippen LogP contribution in [0.15, 0.2) is 35.3 Å². The first kappa shape index (κ1) is 18.4. The SMILES string of the molecule is COc1cc(N2CCCC2)c(OC)cc1C=Nc1cc(Cl)ccc1OC. The van der Waals surface area contributed by atoms with Gasteiger partial charge >= 0.3 is 0 Å². The molecule has 0 radical (unpaired) electrons. The van der Waals surface area contributed by atoms with E-state index in [1.54, 1.807) is 45.7 Å². The second-order valence-corrected chi connectivity index (χ2v) is 6.47. The lowest BCUT2D eigenvalue weighted by Gasteiger charge is -2.22. The van der Waals surface area contributed by atoms with E-state index in [9.17, 15) is 0 Å². The molecule has 5 nitrogen and oxygen atoms in total. The molecular weight excluding hydrogens is 352 g/mol. The topological polar surface area (TPSA) is 43.3 Å². The summed E-state index contributed by atoms with van der Waals surface area (Å²) in [4.78, 5) is 6.86. The number of methoxy groups -OCH3 is 3. The Kier molecular flexibility index (Phi) is 5.89. The van der Waals surface area contributed by atoms with Crippen molar-refractivity contribution in [3.05, 3.63) is 40.9 Å². The van der Waals surface area contributed by atoms with Crippen molar-refractivity contribution in [2.75, 3.05) is 39.3 Å². The maximum absolute atomic E-state index is 6.08. The number of hydrogen-bond donors (Lipinski definition) is 0. The van der Waals surface area contributed by atoms with Gasteiger partial charge in [0.25, 0.3) is 0 Å². The minimum absolute atomic E-state index is 0.604. The number of ether oxygens (including phenoxy) is 3. The predicted molar refractivity (Wildman–Crippen MR) is 106 cm³/mol. The van der Waals surface area contributed by atoms with Crippen LogP contribution in [0.2, 0.25) is 5.02 Å². The molecule has 3 rings (SSSR count). The van der Waals surface area contributed by atoms with Gasteiger partial charge in [0.15, 0.2) is 0 Å². The quantitative estimate of drug-likeness (QED) is 0.686. The predicted octanol–water partition coefficient (Wildman–Crippen LogP) is 4.72. The summed E-state index contributed by atoms with van der Waals surface area (Å²) in [5.41, 5.74) is 2.54. The van der Waals surface area contributed by atoms with Crippen molar-refractivity contribution >= 4 is 29.2 Å². The molecule has 6 heteroatoms. The molecule has 0 N–H and O–H groups in total. The fraction of sp³-hybridized carbons (Fsp3) is 0.350. The van der Waals surface area contributed by atoms with Crippen molar-refractivity contribution < 1.29 is 14.2 Å². The van der Waals surface area contributed by atoms with E-state index in [1.807, 2.05) is 12.1 Å². The average molecular weight is 375 g/mol. The van der Waals surface area contributed by atoms with Crippen molar-refractivity contribution in [1.29, 1.82) is 0 Å². The number of rotatable bonds is 6. The Labute approximate surface area is 159 Å². The van der Waals surface area contributed by atoms with Crippen molar-refractivity contribution in [2.24, 2.45) is 4.99 Å². The van der Waals surface area contributed by atoms with E-state index in [0.717, 1.165) is 35.8 Å². The molecule has 0 unspecified atom stereocenters. The van der Waals surface area contributed by atoms with E-state index >= 15 is 0 Å². The molecule has 1 heterocycles. The number of anilines is 1. The summed E-state index contributed by atoms with van der Waals surface area (Å²) in [6.07, 6.45) is 4.13. The van der Waals surface area contributed by atoms with Crippen LogP contribution in [0, 0.1) is 0 Å². The molecule has 1 saturated heterocycles. The molecule has 1 aliphatic rings. The number of nitrogens with zero attached hydrogens (tertiary/aromatic N) is 2. The Morgan fingerprint density at radius 2 is 1.62 bits per heavy atom. The van der Waals surface area contributed by atoms with E-state index in [2.05, 4.69) is 9.89 Å². The standard InChI is InChI=1S/C20H23ClN2O3/c1-24-18-7-6-15(21)11-16(18)22-13-14-10-20(26-3)17(12-19(14)25-2)23-8-4-5-9-23/h6-7,10-13H,4-5,8-9H2,1-3H3. The van der Waals surface area contributed by atoms with Crippen molar-refractivity contribution in [2.45, 2.75) is 12.8 Å². The first-order valence-corrected chi connectivity index (χ1v) is 8.92. The summed E-state index contributed by atoms with van der Waals surface area (Å²) < 4.78 is 16.5. The zero-order valence-corrected chi connectivity index (χ0v) is 16.0.